The van der Waals surface area contributed by atoms with Crippen molar-refractivity contribution in [3.63, 3.8) is 0 Å². The van der Waals surface area contributed by atoms with Gasteiger partial charge in [0, 0.05) is 11.3 Å². The number of hydrogen-bond acceptors (Lipinski definition) is 5. The lowest BCUT2D eigenvalue weighted by Gasteiger charge is -2.11. The van der Waals surface area contributed by atoms with Gasteiger partial charge in [-0.25, -0.2) is 4.98 Å². The van der Waals surface area contributed by atoms with Gasteiger partial charge in [0.2, 0.25) is 11.1 Å². The minimum atomic E-state index is -0.379. The van der Waals surface area contributed by atoms with E-state index in [1.165, 1.54) is 11.8 Å². The van der Waals surface area contributed by atoms with Crippen LogP contribution in [0.1, 0.15) is 6.92 Å². The van der Waals surface area contributed by atoms with Crippen molar-refractivity contribution in [3.8, 4) is 17.1 Å². The SMILES string of the molecule is COc1ccc(NC(=O)[C@@H](C)Sc2n[nH]c(-c3ccccc3)n2)cc1Cl. The van der Waals surface area contributed by atoms with Crippen molar-refractivity contribution in [1.29, 1.82) is 0 Å². The Labute approximate surface area is 160 Å². The maximum Gasteiger partial charge on any atom is 0.237 e. The van der Waals surface area contributed by atoms with E-state index in [0.29, 0.717) is 27.4 Å². The number of rotatable bonds is 6. The maximum absolute atomic E-state index is 12.4. The number of H-pyrrole nitrogens is 1. The number of nitrogens with one attached hydrogen (secondary N) is 2. The van der Waals surface area contributed by atoms with E-state index < -0.39 is 0 Å². The predicted molar refractivity (Wildman–Crippen MR) is 104 cm³/mol. The van der Waals surface area contributed by atoms with Gasteiger partial charge in [-0.2, -0.15) is 0 Å². The summed E-state index contributed by atoms with van der Waals surface area (Å²) in [7, 11) is 1.54. The second-order valence-corrected chi connectivity index (χ2v) is 7.15. The molecule has 0 aliphatic carbocycles. The standard InChI is InChI=1S/C18H17ClN4O2S/c1-11(17(24)20-13-8-9-15(25-2)14(19)10-13)26-18-21-16(22-23-18)12-6-4-3-5-7-12/h3-11H,1-2H3,(H,20,24)(H,21,22,23)/t11-/m1/s1. The smallest absolute Gasteiger partial charge is 0.237 e. The molecule has 0 aliphatic rings. The zero-order valence-corrected chi connectivity index (χ0v) is 15.8. The van der Waals surface area contributed by atoms with Crippen LogP contribution in [-0.2, 0) is 4.79 Å². The van der Waals surface area contributed by atoms with Gasteiger partial charge in [0.15, 0.2) is 5.82 Å². The molecule has 3 aromatic rings. The van der Waals surface area contributed by atoms with Crippen LogP contribution in [0.2, 0.25) is 5.02 Å². The van der Waals surface area contributed by atoms with Gasteiger partial charge in [0.05, 0.1) is 17.4 Å². The van der Waals surface area contributed by atoms with Gasteiger partial charge in [-0.05, 0) is 25.1 Å². The van der Waals surface area contributed by atoms with E-state index in [1.54, 1.807) is 32.2 Å². The quantitative estimate of drug-likeness (QED) is 0.617. The van der Waals surface area contributed by atoms with Gasteiger partial charge >= 0.3 is 0 Å². The third-order valence-corrected chi connectivity index (χ3v) is 4.84. The Morgan fingerprint density at radius 1 is 1.27 bits per heavy atom. The second kappa shape index (κ2) is 8.25. The Hall–Kier alpha value is -2.51. The van der Waals surface area contributed by atoms with E-state index in [2.05, 4.69) is 20.5 Å². The summed E-state index contributed by atoms with van der Waals surface area (Å²) >= 11 is 7.35. The Kier molecular flexibility index (Phi) is 5.80. The Balaban J connectivity index is 1.63. The van der Waals surface area contributed by atoms with E-state index in [0.717, 1.165) is 5.56 Å². The molecule has 1 atom stereocenters. The normalized spacial score (nSPS) is 11.8. The molecule has 0 saturated heterocycles. The van der Waals surface area contributed by atoms with E-state index >= 15 is 0 Å². The zero-order valence-electron chi connectivity index (χ0n) is 14.2. The summed E-state index contributed by atoms with van der Waals surface area (Å²) in [4.78, 5) is 16.8. The summed E-state index contributed by atoms with van der Waals surface area (Å²) in [6.07, 6.45) is 0. The highest BCUT2D eigenvalue weighted by Gasteiger charge is 2.18. The first kappa shape index (κ1) is 18.3. The molecular weight excluding hydrogens is 372 g/mol. The van der Waals surface area contributed by atoms with Gasteiger partial charge in [0.25, 0.3) is 0 Å². The summed E-state index contributed by atoms with van der Waals surface area (Å²) in [5, 5.41) is 10.5. The second-order valence-electron chi connectivity index (χ2n) is 5.43. The number of carbonyl (C=O) groups is 1. The molecule has 134 valence electrons. The molecule has 6 nitrogen and oxygen atoms in total. The average Bonchev–Trinajstić information content (AvgIpc) is 3.11. The highest BCUT2D eigenvalue weighted by molar-refractivity contribution is 8.00. The van der Waals surface area contributed by atoms with E-state index in [9.17, 15) is 4.79 Å². The summed E-state index contributed by atoms with van der Waals surface area (Å²) in [5.41, 5.74) is 1.55. The van der Waals surface area contributed by atoms with Crippen molar-refractivity contribution in [1.82, 2.24) is 15.2 Å². The molecule has 0 unspecified atom stereocenters. The Morgan fingerprint density at radius 3 is 2.73 bits per heavy atom. The number of carbonyl (C=O) groups excluding carboxylic acids is 1. The molecule has 1 heterocycles. The molecule has 26 heavy (non-hydrogen) atoms. The highest BCUT2D eigenvalue weighted by atomic mass is 35.5. The fraction of sp³-hybridized carbons (Fsp3) is 0.167. The van der Waals surface area contributed by atoms with Crippen LogP contribution in [0.4, 0.5) is 5.69 Å². The van der Waals surface area contributed by atoms with Crippen molar-refractivity contribution in [2.24, 2.45) is 0 Å². The summed E-state index contributed by atoms with van der Waals surface area (Å²) in [5.74, 6) is 1.06. The van der Waals surface area contributed by atoms with Gasteiger partial charge in [-0.15, -0.1) is 5.10 Å². The van der Waals surface area contributed by atoms with Crippen molar-refractivity contribution < 1.29 is 9.53 Å². The van der Waals surface area contributed by atoms with Crippen LogP contribution < -0.4 is 10.1 Å². The minimum Gasteiger partial charge on any atom is -0.495 e. The molecule has 1 amide bonds. The molecule has 0 bridgehead atoms. The number of halogens is 1. The predicted octanol–water partition coefficient (Wildman–Crippen LogP) is 4.25. The number of amides is 1. The maximum atomic E-state index is 12.4. The van der Waals surface area contributed by atoms with Crippen LogP contribution in [-0.4, -0.2) is 33.4 Å². The van der Waals surface area contributed by atoms with Gasteiger partial charge < -0.3 is 10.1 Å². The topological polar surface area (TPSA) is 79.9 Å². The van der Waals surface area contributed by atoms with Crippen molar-refractivity contribution in [2.45, 2.75) is 17.3 Å². The van der Waals surface area contributed by atoms with Gasteiger partial charge in [-0.1, -0.05) is 53.7 Å². The molecular formula is C18H17ClN4O2S. The molecule has 3 rings (SSSR count). The number of thioether (sulfide) groups is 1. The first-order chi connectivity index (χ1) is 12.6. The third-order valence-electron chi connectivity index (χ3n) is 3.58. The highest BCUT2D eigenvalue weighted by Crippen LogP contribution is 2.28. The van der Waals surface area contributed by atoms with E-state index in [4.69, 9.17) is 16.3 Å². The largest absolute Gasteiger partial charge is 0.495 e. The van der Waals surface area contributed by atoms with Gasteiger partial charge in [0.1, 0.15) is 5.75 Å². The van der Waals surface area contributed by atoms with Crippen LogP contribution >= 0.6 is 23.4 Å². The average molecular weight is 389 g/mol. The van der Waals surface area contributed by atoms with E-state index in [-0.39, 0.29) is 11.2 Å². The molecule has 0 saturated carbocycles. The fourth-order valence-corrected chi connectivity index (χ4v) is 3.21. The van der Waals surface area contributed by atoms with Crippen LogP contribution in [0.25, 0.3) is 11.4 Å². The number of methoxy groups -OCH3 is 1. The van der Waals surface area contributed by atoms with Gasteiger partial charge in [-0.3, -0.25) is 9.89 Å². The first-order valence-electron chi connectivity index (χ1n) is 7.85. The molecule has 0 spiro atoms. The summed E-state index contributed by atoms with van der Waals surface area (Å²) in [6, 6.07) is 14.8. The van der Waals surface area contributed by atoms with Crippen LogP contribution in [0.5, 0.6) is 5.75 Å². The molecule has 1 aromatic heterocycles. The minimum absolute atomic E-state index is 0.165. The molecule has 2 N–H and O–H groups in total. The lowest BCUT2D eigenvalue weighted by Crippen LogP contribution is -2.22. The zero-order chi connectivity index (χ0) is 18.5. The van der Waals surface area contributed by atoms with Crippen molar-refractivity contribution in [2.75, 3.05) is 12.4 Å². The van der Waals surface area contributed by atoms with E-state index in [1.807, 2.05) is 30.3 Å². The number of aromatic amines is 1. The molecule has 0 aliphatic heterocycles. The van der Waals surface area contributed by atoms with Crippen LogP contribution in [0, 0.1) is 0 Å². The summed E-state index contributed by atoms with van der Waals surface area (Å²) in [6.45, 7) is 1.80. The Morgan fingerprint density at radius 2 is 2.04 bits per heavy atom. The monoisotopic (exact) mass is 388 g/mol. The number of benzene rings is 2. The number of nitrogens with zero attached hydrogens (tertiary/aromatic N) is 2. The molecule has 8 heteroatoms. The number of anilines is 1. The third kappa shape index (κ3) is 4.36. The fourth-order valence-electron chi connectivity index (χ4n) is 2.22. The van der Waals surface area contributed by atoms with Crippen molar-refractivity contribution >= 4 is 35.0 Å². The number of ether oxygens (including phenoxy) is 1. The molecule has 2 aromatic carbocycles. The lowest BCUT2D eigenvalue weighted by molar-refractivity contribution is -0.115. The Bertz CT molecular complexity index is 901. The van der Waals surface area contributed by atoms with Crippen molar-refractivity contribution in [3.05, 3.63) is 53.6 Å². The summed E-state index contributed by atoms with van der Waals surface area (Å²) < 4.78 is 5.10. The lowest BCUT2D eigenvalue weighted by atomic mass is 10.2. The first-order valence-corrected chi connectivity index (χ1v) is 9.11. The molecule has 0 fully saturated rings. The molecule has 0 radical (unpaired) electrons. The number of aromatic nitrogens is 3. The van der Waals surface area contributed by atoms with Crippen LogP contribution in [0.15, 0.2) is 53.7 Å². The number of hydrogen-bond donors (Lipinski definition) is 2. The van der Waals surface area contributed by atoms with Crippen LogP contribution in [0.3, 0.4) is 0 Å².